The quantitative estimate of drug-likeness (QED) is 0.534. The molecule has 2 rings (SSSR count). The highest BCUT2D eigenvalue weighted by Gasteiger charge is 2.29. The Balaban J connectivity index is 1.77. The summed E-state index contributed by atoms with van der Waals surface area (Å²) in [5, 5.41) is -0.328. The zero-order chi connectivity index (χ0) is 21.4. The van der Waals surface area contributed by atoms with Gasteiger partial charge in [-0.05, 0) is 69.4 Å². The first-order valence-corrected chi connectivity index (χ1v) is 12.3. The third-order valence-electron chi connectivity index (χ3n) is 5.96. The van der Waals surface area contributed by atoms with Crippen LogP contribution in [0.2, 0.25) is 0 Å². The first-order chi connectivity index (χ1) is 13.7. The van der Waals surface area contributed by atoms with E-state index < -0.39 is 9.84 Å². The molecule has 29 heavy (non-hydrogen) atoms. The van der Waals surface area contributed by atoms with E-state index in [1.165, 1.54) is 7.11 Å². The number of Topliss-reactive ketones (excluding diaryl/α,β-unsaturated/α-hetero) is 1. The largest absolute Gasteiger partial charge is 0.469 e. The molecule has 0 atom stereocenters. The Morgan fingerprint density at radius 1 is 1.03 bits per heavy atom. The molecular weight excluding hydrogens is 388 g/mol. The summed E-state index contributed by atoms with van der Waals surface area (Å²) in [5.41, 5.74) is 2.16. The highest BCUT2D eigenvalue weighted by molar-refractivity contribution is 7.91. The summed E-state index contributed by atoms with van der Waals surface area (Å²) < 4.78 is 28.9. The number of carbonyl (C=O) groups is 2. The average molecular weight is 423 g/mol. The molecule has 162 valence electrons. The van der Waals surface area contributed by atoms with Gasteiger partial charge >= 0.3 is 5.97 Å². The molecule has 0 unspecified atom stereocenters. The van der Waals surface area contributed by atoms with Crippen LogP contribution < -0.4 is 0 Å². The molecule has 0 aromatic heterocycles. The number of carbonyl (C=O) groups excluding carboxylic acids is 2. The molecule has 0 heterocycles. The van der Waals surface area contributed by atoms with Crippen LogP contribution in [0.5, 0.6) is 0 Å². The smallest absolute Gasteiger partial charge is 0.305 e. The predicted molar refractivity (Wildman–Crippen MR) is 114 cm³/mol. The third kappa shape index (κ3) is 7.57. The van der Waals surface area contributed by atoms with Gasteiger partial charge in [0.2, 0.25) is 0 Å². The molecule has 1 aliphatic rings. The molecule has 6 heteroatoms. The second-order valence-electron chi connectivity index (χ2n) is 8.49. The number of aryl methyl sites for hydroxylation is 1. The van der Waals surface area contributed by atoms with Crippen molar-refractivity contribution in [3.63, 3.8) is 0 Å². The van der Waals surface area contributed by atoms with Gasteiger partial charge in [-0.25, -0.2) is 8.42 Å². The number of hydrogen-bond acceptors (Lipinski definition) is 5. The van der Waals surface area contributed by atoms with Gasteiger partial charge < -0.3 is 4.74 Å². The van der Waals surface area contributed by atoms with E-state index in [9.17, 15) is 18.0 Å². The summed E-state index contributed by atoms with van der Waals surface area (Å²) in [4.78, 5) is 23.8. The first-order valence-electron chi connectivity index (χ1n) is 10.6. The molecule has 0 spiro atoms. The Labute approximate surface area is 175 Å². The number of ether oxygens (including phenoxy) is 1. The number of rotatable bonds is 10. The number of hydrogen-bond donors (Lipinski definition) is 0. The van der Waals surface area contributed by atoms with Crippen LogP contribution in [0.3, 0.4) is 0 Å². The second kappa shape index (κ2) is 10.9. The van der Waals surface area contributed by atoms with Gasteiger partial charge in [0.25, 0.3) is 0 Å². The molecule has 0 amide bonds. The number of esters is 1. The van der Waals surface area contributed by atoms with E-state index in [0.29, 0.717) is 12.8 Å². The predicted octanol–water partition coefficient (Wildman–Crippen LogP) is 3.92. The summed E-state index contributed by atoms with van der Waals surface area (Å²) in [6.07, 6.45) is 5.64. The van der Waals surface area contributed by atoms with Crippen molar-refractivity contribution in [2.45, 2.75) is 70.5 Å². The molecule has 1 fully saturated rings. The van der Waals surface area contributed by atoms with Crippen molar-refractivity contribution in [3.8, 4) is 0 Å². The molecule has 1 saturated carbocycles. The molecule has 0 bridgehead atoms. The van der Waals surface area contributed by atoms with Crippen molar-refractivity contribution < 1.29 is 22.7 Å². The van der Waals surface area contributed by atoms with Crippen LogP contribution in [-0.4, -0.2) is 38.3 Å². The number of methoxy groups -OCH3 is 1. The van der Waals surface area contributed by atoms with Gasteiger partial charge in [0, 0.05) is 18.8 Å². The maximum absolute atomic E-state index is 12.7. The van der Waals surface area contributed by atoms with E-state index in [2.05, 4.69) is 4.74 Å². The Morgan fingerprint density at radius 3 is 2.17 bits per heavy atom. The first kappa shape index (κ1) is 23.6. The van der Waals surface area contributed by atoms with Crippen molar-refractivity contribution in [3.05, 3.63) is 35.4 Å². The number of benzene rings is 1. The van der Waals surface area contributed by atoms with E-state index in [1.807, 2.05) is 24.3 Å². The highest BCUT2D eigenvalue weighted by Crippen LogP contribution is 2.31. The lowest BCUT2D eigenvalue weighted by Crippen LogP contribution is -2.29. The molecule has 1 aromatic carbocycles. The van der Waals surface area contributed by atoms with Crippen LogP contribution >= 0.6 is 0 Å². The maximum atomic E-state index is 12.7. The highest BCUT2D eigenvalue weighted by atomic mass is 32.2. The van der Waals surface area contributed by atoms with Gasteiger partial charge in [0.15, 0.2) is 9.84 Å². The van der Waals surface area contributed by atoms with Crippen LogP contribution in [0, 0.1) is 11.8 Å². The van der Waals surface area contributed by atoms with Gasteiger partial charge in [-0.1, -0.05) is 24.3 Å². The van der Waals surface area contributed by atoms with Gasteiger partial charge in [0.1, 0.15) is 5.78 Å². The lowest BCUT2D eigenvalue weighted by Gasteiger charge is -2.28. The minimum atomic E-state index is -3.01. The second-order valence-corrected chi connectivity index (χ2v) is 11.1. The van der Waals surface area contributed by atoms with E-state index in [0.717, 1.165) is 49.7 Å². The molecule has 0 radical (unpaired) electrons. The zero-order valence-corrected chi connectivity index (χ0v) is 18.7. The number of sulfone groups is 1. The lowest BCUT2D eigenvalue weighted by atomic mass is 9.79. The Kier molecular flexibility index (Phi) is 8.87. The summed E-state index contributed by atoms with van der Waals surface area (Å²) in [7, 11) is -1.62. The van der Waals surface area contributed by atoms with Gasteiger partial charge in [-0.15, -0.1) is 0 Å². The van der Waals surface area contributed by atoms with Gasteiger partial charge in [-0.3, -0.25) is 9.59 Å². The lowest BCUT2D eigenvalue weighted by molar-refractivity contribution is -0.140. The van der Waals surface area contributed by atoms with Gasteiger partial charge in [0.05, 0.1) is 18.1 Å². The minimum absolute atomic E-state index is 0.0488. The van der Waals surface area contributed by atoms with Crippen molar-refractivity contribution in [2.75, 3.05) is 12.9 Å². The zero-order valence-electron chi connectivity index (χ0n) is 17.9. The Hall–Kier alpha value is -1.69. The molecule has 5 nitrogen and oxygen atoms in total. The number of ketones is 1. The third-order valence-corrected chi connectivity index (χ3v) is 8.34. The normalized spacial score (nSPS) is 19.9. The fraction of sp³-hybridized carbons (Fsp3) is 0.652. The van der Waals surface area contributed by atoms with Crippen molar-refractivity contribution in [2.24, 2.45) is 11.8 Å². The van der Waals surface area contributed by atoms with E-state index in [1.54, 1.807) is 13.8 Å². The molecule has 1 aliphatic carbocycles. The summed E-state index contributed by atoms with van der Waals surface area (Å²) in [5.74, 6) is 0.559. The minimum Gasteiger partial charge on any atom is -0.469 e. The SMILES string of the molecule is COC(=O)CCCc1ccc(CC(=O)C2CCC(CS(=O)(=O)C(C)C)CC2)cc1. The van der Waals surface area contributed by atoms with E-state index in [4.69, 9.17) is 0 Å². The van der Waals surface area contributed by atoms with Crippen molar-refractivity contribution >= 4 is 21.6 Å². The Bertz CT molecular complexity index is 772. The topological polar surface area (TPSA) is 77.5 Å². The molecular formula is C23H34O5S. The molecule has 0 saturated heterocycles. The maximum Gasteiger partial charge on any atom is 0.305 e. The van der Waals surface area contributed by atoms with E-state index in [-0.39, 0.29) is 34.6 Å². The molecule has 1 aromatic rings. The monoisotopic (exact) mass is 422 g/mol. The molecule has 0 aliphatic heterocycles. The van der Waals surface area contributed by atoms with Crippen LogP contribution in [0.1, 0.15) is 63.5 Å². The fourth-order valence-corrected chi connectivity index (χ4v) is 5.26. The summed E-state index contributed by atoms with van der Waals surface area (Å²) >= 11 is 0. The fourth-order valence-electron chi connectivity index (χ4n) is 3.88. The van der Waals surface area contributed by atoms with Gasteiger partial charge in [-0.2, -0.15) is 0 Å². The summed E-state index contributed by atoms with van der Waals surface area (Å²) in [6, 6.07) is 8.03. The van der Waals surface area contributed by atoms with Crippen molar-refractivity contribution in [1.82, 2.24) is 0 Å². The molecule has 0 N–H and O–H groups in total. The standard InChI is InChI=1S/C23H34O5S/c1-17(2)29(26,27)16-20-11-13-21(14-12-20)22(24)15-19-9-7-18(8-10-19)5-4-6-23(25)28-3/h7-10,17,20-21H,4-6,11-16H2,1-3H3. The average Bonchev–Trinajstić information content (AvgIpc) is 2.69. The van der Waals surface area contributed by atoms with Crippen LogP contribution in [0.25, 0.3) is 0 Å². The van der Waals surface area contributed by atoms with Crippen LogP contribution in [-0.2, 0) is 37.0 Å². The van der Waals surface area contributed by atoms with Crippen molar-refractivity contribution in [1.29, 1.82) is 0 Å². The van der Waals surface area contributed by atoms with E-state index >= 15 is 0 Å². The summed E-state index contributed by atoms with van der Waals surface area (Å²) in [6.45, 7) is 3.46. The Morgan fingerprint density at radius 2 is 1.62 bits per heavy atom. The van der Waals surface area contributed by atoms with Crippen LogP contribution in [0.15, 0.2) is 24.3 Å². The van der Waals surface area contributed by atoms with Crippen LogP contribution in [0.4, 0.5) is 0 Å².